The minimum atomic E-state index is 0.00138. The number of carbonyl (C=O) groups excluding carboxylic acids is 1. The van der Waals surface area contributed by atoms with Gasteiger partial charge in [-0.2, -0.15) is 5.26 Å². The lowest BCUT2D eigenvalue weighted by Gasteiger charge is -2.34. The SMILES string of the molecule is CC1CC(N)CN(C(=O)c2ccc(C#N)cc2)C1. The highest BCUT2D eigenvalue weighted by atomic mass is 16.2. The normalized spacial score (nSPS) is 23.5. The summed E-state index contributed by atoms with van der Waals surface area (Å²) in [7, 11) is 0. The predicted octanol–water partition coefficient (Wildman–Crippen LogP) is 1.37. The third-order valence-electron chi connectivity index (χ3n) is 3.24. The fourth-order valence-electron chi connectivity index (χ4n) is 2.44. The highest BCUT2D eigenvalue weighted by Crippen LogP contribution is 2.17. The molecule has 18 heavy (non-hydrogen) atoms. The average molecular weight is 243 g/mol. The van der Waals surface area contributed by atoms with Gasteiger partial charge < -0.3 is 10.6 Å². The molecule has 1 aromatic carbocycles. The summed E-state index contributed by atoms with van der Waals surface area (Å²) >= 11 is 0. The molecule has 2 atom stereocenters. The van der Waals surface area contributed by atoms with Gasteiger partial charge >= 0.3 is 0 Å². The van der Waals surface area contributed by atoms with E-state index in [0.29, 0.717) is 23.6 Å². The highest BCUT2D eigenvalue weighted by molar-refractivity contribution is 5.94. The van der Waals surface area contributed by atoms with Crippen LogP contribution in [0.25, 0.3) is 0 Å². The Bertz CT molecular complexity index is 465. The van der Waals surface area contributed by atoms with Crippen molar-refractivity contribution in [2.24, 2.45) is 11.7 Å². The van der Waals surface area contributed by atoms with Crippen molar-refractivity contribution in [1.82, 2.24) is 4.90 Å². The van der Waals surface area contributed by atoms with E-state index in [4.69, 9.17) is 11.0 Å². The van der Waals surface area contributed by atoms with Crippen molar-refractivity contribution in [3.63, 3.8) is 0 Å². The van der Waals surface area contributed by atoms with Crippen molar-refractivity contribution < 1.29 is 4.79 Å². The Labute approximate surface area is 107 Å². The number of hydrogen-bond donors (Lipinski definition) is 1. The van der Waals surface area contributed by atoms with Crippen LogP contribution in [-0.2, 0) is 0 Å². The van der Waals surface area contributed by atoms with E-state index in [1.165, 1.54) is 0 Å². The molecule has 1 heterocycles. The second-order valence-corrected chi connectivity index (χ2v) is 5.00. The Morgan fingerprint density at radius 3 is 2.61 bits per heavy atom. The zero-order valence-electron chi connectivity index (χ0n) is 10.5. The fraction of sp³-hybridized carbons (Fsp3) is 0.429. The molecule has 1 aromatic rings. The second kappa shape index (κ2) is 5.19. The highest BCUT2D eigenvalue weighted by Gasteiger charge is 2.26. The minimum Gasteiger partial charge on any atom is -0.337 e. The number of carbonyl (C=O) groups is 1. The lowest BCUT2D eigenvalue weighted by atomic mass is 9.96. The Morgan fingerprint density at radius 2 is 2.06 bits per heavy atom. The standard InChI is InChI=1S/C14H17N3O/c1-10-6-13(16)9-17(8-10)14(18)12-4-2-11(7-15)3-5-12/h2-5,10,13H,6,8-9,16H2,1H3. The summed E-state index contributed by atoms with van der Waals surface area (Å²) in [5.41, 5.74) is 7.13. The summed E-state index contributed by atoms with van der Waals surface area (Å²) in [4.78, 5) is 14.1. The molecule has 4 heteroatoms. The molecule has 2 unspecified atom stereocenters. The molecular weight excluding hydrogens is 226 g/mol. The number of amides is 1. The Morgan fingerprint density at radius 1 is 1.39 bits per heavy atom. The minimum absolute atomic E-state index is 0.00138. The largest absolute Gasteiger partial charge is 0.337 e. The number of piperidine rings is 1. The van der Waals surface area contributed by atoms with Crippen LogP contribution in [0.2, 0.25) is 0 Å². The van der Waals surface area contributed by atoms with Crippen LogP contribution in [0.15, 0.2) is 24.3 Å². The maximum atomic E-state index is 12.3. The van der Waals surface area contributed by atoms with Gasteiger partial charge in [-0.25, -0.2) is 0 Å². The maximum Gasteiger partial charge on any atom is 0.253 e. The van der Waals surface area contributed by atoms with E-state index in [9.17, 15) is 4.79 Å². The topological polar surface area (TPSA) is 70.1 Å². The van der Waals surface area contributed by atoms with Crippen LogP contribution >= 0.6 is 0 Å². The average Bonchev–Trinajstić information content (AvgIpc) is 2.37. The van der Waals surface area contributed by atoms with Crippen LogP contribution < -0.4 is 5.73 Å². The number of nitriles is 1. The van der Waals surface area contributed by atoms with Gasteiger partial charge in [0.05, 0.1) is 11.6 Å². The molecule has 1 aliphatic heterocycles. The van der Waals surface area contributed by atoms with Gasteiger partial charge in [-0.1, -0.05) is 6.92 Å². The molecule has 0 spiro atoms. The quantitative estimate of drug-likeness (QED) is 0.809. The summed E-state index contributed by atoms with van der Waals surface area (Å²) in [5.74, 6) is 0.442. The van der Waals surface area contributed by atoms with E-state index in [2.05, 4.69) is 6.92 Å². The molecule has 0 aliphatic carbocycles. The molecule has 1 aliphatic rings. The number of rotatable bonds is 1. The van der Waals surface area contributed by atoms with Crippen molar-refractivity contribution in [3.05, 3.63) is 35.4 Å². The lowest BCUT2D eigenvalue weighted by molar-refractivity contribution is 0.0661. The first kappa shape index (κ1) is 12.6. The summed E-state index contributed by atoms with van der Waals surface area (Å²) in [6, 6.07) is 8.84. The van der Waals surface area contributed by atoms with Gasteiger partial charge in [0.2, 0.25) is 0 Å². The Kier molecular flexibility index (Phi) is 3.63. The van der Waals surface area contributed by atoms with Crippen LogP contribution in [0.3, 0.4) is 0 Å². The second-order valence-electron chi connectivity index (χ2n) is 5.00. The van der Waals surface area contributed by atoms with Gasteiger partial charge in [-0.15, -0.1) is 0 Å². The van der Waals surface area contributed by atoms with E-state index in [1.807, 2.05) is 6.07 Å². The third kappa shape index (κ3) is 2.69. The van der Waals surface area contributed by atoms with Gasteiger partial charge in [0.15, 0.2) is 0 Å². The van der Waals surface area contributed by atoms with Crippen molar-refractivity contribution in [3.8, 4) is 6.07 Å². The first-order chi connectivity index (χ1) is 8.60. The van der Waals surface area contributed by atoms with Gasteiger partial charge in [0, 0.05) is 24.7 Å². The molecule has 94 valence electrons. The molecule has 0 saturated carbocycles. The zero-order chi connectivity index (χ0) is 13.1. The van der Waals surface area contributed by atoms with Crippen molar-refractivity contribution >= 4 is 5.91 Å². The van der Waals surface area contributed by atoms with Crippen molar-refractivity contribution in [2.45, 2.75) is 19.4 Å². The molecular formula is C14H17N3O. The molecule has 0 radical (unpaired) electrons. The van der Waals surface area contributed by atoms with E-state index in [1.54, 1.807) is 29.2 Å². The Balaban J connectivity index is 2.12. The van der Waals surface area contributed by atoms with Crippen LogP contribution in [0, 0.1) is 17.2 Å². The summed E-state index contributed by atoms with van der Waals surface area (Å²) < 4.78 is 0. The first-order valence-electron chi connectivity index (χ1n) is 6.15. The molecule has 0 aromatic heterocycles. The zero-order valence-corrected chi connectivity index (χ0v) is 10.5. The fourth-order valence-corrected chi connectivity index (χ4v) is 2.44. The van der Waals surface area contributed by atoms with Crippen LogP contribution in [-0.4, -0.2) is 29.9 Å². The molecule has 2 N–H and O–H groups in total. The van der Waals surface area contributed by atoms with E-state index in [-0.39, 0.29) is 11.9 Å². The van der Waals surface area contributed by atoms with Gasteiger partial charge in [0.25, 0.3) is 5.91 Å². The molecule has 1 fully saturated rings. The third-order valence-corrected chi connectivity index (χ3v) is 3.24. The van der Waals surface area contributed by atoms with Crippen LogP contribution in [0.4, 0.5) is 0 Å². The van der Waals surface area contributed by atoms with E-state index in [0.717, 1.165) is 13.0 Å². The summed E-state index contributed by atoms with van der Waals surface area (Å²) in [6.07, 6.45) is 0.969. The molecule has 1 amide bonds. The van der Waals surface area contributed by atoms with Crippen LogP contribution in [0.1, 0.15) is 29.3 Å². The van der Waals surface area contributed by atoms with Crippen molar-refractivity contribution in [2.75, 3.05) is 13.1 Å². The smallest absolute Gasteiger partial charge is 0.253 e. The molecule has 0 bridgehead atoms. The lowest BCUT2D eigenvalue weighted by Crippen LogP contribution is -2.48. The first-order valence-corrected chi connectivity index (χ1v) is 6.15. The number of benzene rings is 1. The number of nitrogens with two attached hydrogens (primary N) is 1. The Hall–Kier alpha value is -1.86. The summed E-state index contributed by atoms with van der Waals surface area (Å²) in [5, 5.41) is 8.72. The number of likely N-dealkylation sites (tertiary alicyclic amines) is 1. The van der Waals surface area contributed by atoms with Crippen LogP contribution in [0.5, 0.6) is 0 Å². The number of nitrogens with zero attached hydrogens (tertiary/aromatic N) is 2. The van der Waals surface area contributed by atoms with Gasteiger partial charge in [-0.05, 0) is 36.6 Å². The molecule has 1 saturated heterocycles. The maximum absolute atomic E-state index is 12.3. The van der Waals surface area contributed by atoms with Gasteiger partial charge in [0.1, 0.15) is 0 Å². The number of hydrogen-bond acceptors (Lipinski definition) is 3. The molecule has 2 rings (SSSR count). The van der Waals surface area contributed by atoms with Crippen molar-refractivity contribution in [1.29, 1.82) is 5.26 Å². The summed E-state index contributed by atoms with van der Waals surface area (Å²) in [6.45, 7) is 3.48. The van der Waals surface area contributed by atoms with E-state index < -0.39 is 0 Å². The van der Waals surface area contributed by atoms with E-state index >= 15 is 0 Å². The molecule has 4 nitrogen and oxygen atoms in total. The predicted molar refractivity (Wildman–Crippen MR) is 68.8 cm³/mol. The monoisotopic (exact) mass is 243 g/mol. The van der Waals surface area contributed by atoms with Gasteiger partial charge in [-0.3, -0.25) is 4.79 Å².